The lowest BCUT2D eigenvalue weighted by molar-refractivity contribution is -0.386. The summed E-state index contributed by atoms with van der Waals surface area (Å²) in [6.45, 7) is 3.68. The second kappa shape index (κ2) is 8.60. The van der Waals surface area contributed by atoms with E-state index in [9.17, 15) is 19.7 Å². The molecule has 0 fully saturated rings. The fraction of sp³-hybridized carbons (Fsp3) is 0.250. The molecule has 3 rings (SSSR count). The molecule has 0 saturated carbocycles. The van der Waals surface area contributed by atoms with E-state index in [-0.39, 0.29) is 34.2 Å². The second-order valence-electron chi connectivity index (χ2n) is 6.50. The predicted octanol–water partition coefficient (Wildman–Crippen LogP) is 2.67. The zero-order valence-electron chi connectivity index (χ0n) is 16.6. The molecule has 30 heavy (non-hydrogen) atoms. The third kappa shape index (κ3) is 4.07. The van der Waals surface area contributed by atoms with Gasteiger partial charge in [0.05, 0.1) is 35.3 Å². The highest BCUT2D eigenvalue weighted by Crippen LogP contribution is 2.38. The van der Waals surface area contributed by atoms with Crippen molar-refractivity contribution in [3.63, 3.8) is 0 Å². The minimum absolute atomic E-state index is 0.00900. The fourth-order valence-corrected chi connectivity index (χ4v) is 2.76. The van der Waals surface area contributed by atoms with Gasteiger partial charge in [0, 0.05) is 11.6 Å². The largest absolute Gasteiger partial charge is 0.493 e. The first-order valence-corrected chi connectivity index (χ1v) is 9.17. The van der Waals surface area contributed by atoms with Crippen molar-refractivity contribution in [2.24, 2.45) is 5.10 Å². The van der Waals surface area contributed by atoms with Crippen molar-refractivity contribution in [2.75, 3.05) is 7.11 Å². The van der Waals surface area contributed by atoms with Crippen LogP contribution in [0, 0.1) is 10.1 Å². The molecule has 0 radical (unpaired) electrons. The van der Waals surface area contributed by atoms with Crippen LogP contribution in [0.5, 0.6) is 11.5 Å². The number of H-pyrrole nitrogens is 1. The molecular weight excluding hydrogens is 392 g/mol. The van der Waals surface area contributed by atoms with Crippen molar-refractivity contribution in [1.29, 1.82) is 0 Å². The first-order valence-electron chi connectivity index (χ1n) is 9.17. The van der Waals surface area contributed by atoms with E-state index >= 15 is 0 Å². The van der Waals surface area contributed by atoms with Crippen LogP contribution in [0.25, 0.3) is 10.9 Å². The molecule has 0 aliphatic rings. The van der Waals surface area contributed by atoms with Crippen LogP contribution in [0.15, 0.2) is 51.1 Å². The highest BCUT2D eigenvalue weighted by molar-refractivity contribution is 5.83. The Bertz CT molecular complexity index is 1240. The Labute approximate surface area is 170 Å². The molecule has 156 valence electrons. The molecule has 1 heterocycles. The topological polar surface area (TPSA) is 129 Å². The molecule has 0 aliphatic carbocycles. The maximum Gasteiger partial charge on any atom is 0.349 e. The highest BCUT2D eigenvalue weighted by atomic mass is 16.6. The molecule has 0 bridgehead atoms. The summed E-state index contributed by atoms with van der Waals surface area (Å²) in [5.41, 5.74) is -0.995. The van der Waals surface area contributed by atoms with Gasteiger partial charge in [-0.25, -0.2) is 4.79 Å². The number of nitro benzene ring substituents is 1. The minimum Gasteiger partial charge on any atom is -0.493 e. The van der Waals surface area contributed by atoms with E-state index < -0.39 is 16.2 Å². The third-order valence-electron chi connectivity index (χ3n) is 4.47. The second-order valence-corrected chi connectivity index (χ2v) is 6.50. The van der Waals surface area contributed by atoms with Crippen LogP contribution in [-0.4, -0.2) is 34.0 Å². The number of para-hydroxylation sites is 1. The van der Waals surface area contributed by atoms with Crippen LogP contribution in [-0.2, 0) is 0 Å². The quantitative estimate of drug-likeness (QED) is 0.361. The molecule has 10 nitrogen and oxygen atoms in total. The van der Waals surface area contributed by atoms with E-state index in [1.165, 1.54) is 25.5 Å². The van der Waals surface area contributed by atoms with Gasteiger partial charge >= 0.3 is 11.4 Å². The number of nitrogens with zero attached hydrogens (tertiary/aromatic N) is 3. The number of hydrogen-bond donors (Lipinski definition) is 1. The first-order chi connectivity index (χ1) is 14.3. The average molecular weight is 412 g/mol. The van der Waals surface area contributed by atoms with Gasteiger partial charge in [0.25, 0.3) is 5.56 Å². The molecule has 0 aliphatic heterocycles. The molecule has 1 N–H and O–H groups in total. The van der Waals surface area contributed by atoms with Crippen LogP contribution in [0.4, 0.5) is 5.69 Å². The van der Waals surface area contributed by atoms with Gasteiger partial charge in [0.1, 0.15) is 0 Å². The van der Waals surface area contributed by atoms with E-state index in [2.05, 4.69) is 10.1 Å². The lowest BCUT2D eigenvalue weighted by atomic mass is 10.1. The number of nitrogens with one attached hydrogen (secondary N) is 1. The maximum absolute atomic E-state index is 12.6. The van der Waals surface area contributed by atoms with Crippen LogP contribution in [0.1, 0.15) is 25.8 Å². The van der Waals surface area contributed by atoms with Gasteiger partial charge in [0.2, 0.25) is 5.75 Å². The number of methoxy groups -OCH3 is 1. The van der Waals surface area contributed by atoms with Gasteiger partial charge in [0.15, 0.2) is 5.75 Å². The van der Waals surface area contributed by atoms with Crippen molar-refractivity contribution in [1.82, 2.24) is 9.66 Å². The monoisotopic (exact) mass is 412 g/mol. The smallest absolute Gasteiger partial charge is 0.349 e. The average Bonchev–Trinajstić information content (AvgIpc) is 2.73. The Morgan fingerprint density at radius 2 is 2.03 bits per heavy atom. The third-order valence-corrected chi connectivity index (χ3v) is 4.47. The number of benzene rings is 2. The van der Waals surface area contributed by atoms with Crippen molar-refractivity contribution < 1.29 is 14.4 Å². The molecule has 3 aromatic rings. The van der Waals surface area contributed by atoms with Gasteiger partial charge in [-0.05, 0) is 31.5 Å². The molecule has 10 heteroatoms. The summed E-state index contributed by atoms with van der Waals surface area (Å²) in [7, 11) is 1.36. The van der Waals surface area contributed by atoms with Gasteiger partial charge in [-0.15, -0.1) is 4.68 Å². The van der Waals surface area contributed by atoms with Crippen molar-refractivity contribution in [3.8, 4) is 11.5 Å². The molecule has 0 amide bonds. The first kappa shape index (κ1) is 20.8. The summed E-state index contributed by atoms with van der Waals surface area (Å²) in [6, 6.07) is 9.25. The zero-order chi connectivity index (χ0) is 21.8. The van der Waals surface area contributed by atoms with Gasteiger partial charge in [-0.2, -0.15) is 5.10 Å². The van der Waals surface area contributed by atoms with E-state index in [4.69, 9.17) is 9.47 Å². The molecule has 1 aromatic heterocycles. The van der Waals surface area contributed by atoms with E-state index in [0.717, 1.165) is 0 Å². The number of aromatic nitrogens is 2. The van der Waals surface area contributed by atoms with E-state index in [0.29, 0.717) is 16.6 Å². The number of hydrogen-bond acceptors (Lipinski definition) is 7. The summed E-state index contributed by atoms with van der Waals surface area (Å²) in [5.74, 6) is 0.153. The summed E-state index contributed by atoms with van der Waals surface area (Å²) in [6.07, 6.45) is 1.57. The van der Waals surface area contributed by atoms with E-state index in [1.54, 1.807) is 31.2 Å². The van der Waals surface area contributed by atoms with Crippen molar-refractivity contribution in [3.05, 3.63) is 72.9 Å². The van der Waals surface area contributed by atoms with Gasteiger partial charge in [-0.3, -0.25) is 14.9 Å². The Morgan fingerprint density at radius 3 is 2.70 bits per heavy atom. The standard InChI is InChI=1S/C20H20N4O6/c1-4-12(2)30-18-16(24(27)28)9-13(10-17(18)29-3)11-21-23-19(25)14-7-5-6-8-15(14)22-20(23)26/h5-12H,4H2,1-3H3,(H,22,26)/t12-/m0/s1. The molecule has 0 unspecified atom stereocenters. The Hall–Kier alpha value is -3.95. The van der Waals surface area contributed by atoms with Crippen LogP contribution in [0.2, 0.25) is 0 Å². The molecule has 0 saturated heterocycles. The zero-order valence-corrected chi connectivity index (χ0v) is 16.6. The maximum atomic E-state index is 12.6. The van der Waals surface area contributed by atoms with Crippen LogP contribution in [0.3, 0.4) is 0 Å². The summed E-state index contributed by atoms with van der Waals surface area (Å²) < 4.78 is 11.6. The fourth-order valence-electron chi connectivity index (χ4n) is 2.76. The highest BCUT2D eigenvalue weighted by Gasteiger charge is 2.23. The number of ether oxygens (including phenoxy) is 2. The van der Waals surface area contributed by atoms with Crippen molar-refractivity contribution in [2.45, 2.75) is 26.4 Å². The van der Waals surface area contributed by atoms with Gasteiger partial charge in [-0.1, -0.05) is 19.1 Å². The lowest BCUT2D eigenvalue weighted by Gasteiger charge is -2.15. The minimum atomic E-state index is -0.729. The normalized spacial score (nSPS) is 12.2. The number of rotatable bonds is 7. The van der Waals surface area contributed by atoms with Gasteiger partial charge < -0.3 is 14.5 Å². The summed E-state index contributed by atoms with van der Waals surface area (Å²) in [4.78, 5) is 38.3. The Kier molecular flexibility index (Phi) is 5.95. The Balaban J connectivity index is 2.09. The predicted molar refractivity (Wildman–Crippen MR) is 112 cm³/mol. The summed E-state index contributed by atoms with van der Waals surface area (Å²) >= 11 is 0. The number of fused-ring (bicyclic) bond motifs is 1. The molecule has 1 atom stereocenters. The number of aromatic amines is 1. The molecular formula is C20H20N4O6. The lowest BCUT2D eigenvalue weighted by Crippen LogP contribution is -2.32. The SMILES string of the molecule is CC[C@H](C)Oc1c(OC)cc(C=Nn2c(=O)[nH]c3ccccc3c2=O)cc1[N+](=O)[O-]. The molecule has 2 aromatic carbocycles. The number of nitro groups is 1. The molecule has 0 spiro atoms. The van der Waals surface area contributed by atoms with Crippen molar-refractivity contribution >= 4 is 22.8 Å². The summed E-state index contributed by atoms with van der Waals surface area (Å²) in [5, 5.41) is 15.8. The van der Waals surface area contributed by atoms with E-state index in [1.807, 2.05) is 6.92 Å². The Morgan fingerprint density at radius 1 is 1.30 bits per heavy atom. The van der Waals surface area contributed by atoms with Crippen LogP contribution < -0.4 is 20.7 Å². The van der Waals surface area contributed by atoms with Crippen LogP contribution >= 0.6 is 0 Å².